The van der Waals surface area contributed by atoms with Crippen LogP contribution in [0.15, 0.2) is 24.3 Å². The molecule has 0 fully saturated rings. The number of methoxy groups -OCH3 is 1. The minimum Gasteiger partial charge on any atom is -0.383 e. The summed E-state index contributed by atoms with van der Waals surface area (Å²) in [6.45, 7) is 6.62. The Morgan fingerprint density at radius 2 is 2.00 bits per heavy atom. The van der Waals surface area contributed by atoms with Gasteiger partial charge in [0, 0.05) is 20.2 Å². The van der Waals surface area contributed by atoms with Gasteiger partial charge in [-0.2, -0.15) is 0 Å². The second-order valence-electron chi connectivity index (χ2n) is 5.04. The van der Waals surface area contributed by atoms with Crippen molar-refractivity contribution in [1.82, 2.24) is 5.32 Å². The maximum absolute atomic E-state index is 13.8. The molecule has 0 amide bonds. The molecule has 3 heteroatoms. The lowest BCUT2D eigenvalue weighted by Gasteiger charge is -2.20. The second-order valence-corrected chi connectivity index (χ2v) is 5.04. The first kappa shape index (κ1) is 15.1. The van der Waals surface area contributed by atoms with Gasteiger partial charge in [0.1, 0.15) is 5.82 Å². The molecule has 0 aliphatic rings. The monoisotopic (exact) mass is 253 g/mol. The van der Waals surface area contributed by atoms with Crippen molar-refractivity contribution in [3.63, 3.8) is 0 Å². The molecule has 1 N–H and O–H groups in total. The Morgan fingerprint density at radius 3 is 2.61 bits per heavy atom. The van der Waals surface area contributed by atoms with E-state index < -0.39 is 0 Å². The Balaban J connectivity index is 2.63. The van der Waals surface area contributed by atoms with E-state index in [0.717, 1.165) is 25.1 Å². The molecule has 102 valence electrons. The zero-order valence-corrected chi connectivity index (χ0v) is 11.6. The molecule has 18 heavy (non-hydrogen) atoms. The number of rotatable bonds is 8. The number of hydrogen-bond acceptors (Lipinski definition) is 2. The Labute approximate surface area is 110 Å². The standard InChI is InChI=1S/C15H24FNO/c1-12(2)10-13(11-17-8-9-18-3)14-6-4-5-7-15(14)16/h4-7,12-13,17H,8-11H2,1-3H3. The molecule has 1 unspecified atom stereocenters. The molecule has 0 aliphatic carbocycles. The molecule has 2 nitrogen and oxygen atoms in total. The molecule has 0 aliphatic heterocycles. The van der Waals surface area contributed by atoms with Crippen molar-refractivity contribution in [2.45, 2.75) is 26.2 Å². The highest BCUT2D eigenvalue weighted by atomic mass is 19.1. The summed E-state index contributed by atoms with van der Waals surface area (Å²) >= 11 is 0. The van der Waals surface area contributed by atoms with E-state index in [0.29, 0.717) is 12.5 Å². The van der Waals surface area contributed by atoms with Gasteiger partial charge < -0.3 is 10.1 Å². The molecule has 1 aromatic carbocycles. The average molecular weight is 253 g/mol. The summed E-state index contributed by atoms with van der Waals surface area (Å²) in [6.07, 6.45) is 0.987. The van der Waals surface area contributed by atoms with Crippen molar-refractivity contribution in [1.29, 1.82) is 0 Å². The molecule has 0 saturated heterocycles. The van der Waals surface area contributed by atoms with Crippen molar-refractivity contribution in [2.75, 3.05) is 26.8 Å². The third-order valence-corrected chi connectivity index (χ3v) is 2.97. The van der Waals surface area contributed by atoms with E-state index in [4.69, 9.17) is 4.74 Å². The minimum atomic E-state index is -0.100. The number of halogens is 1. The van der Waals surface area contributed by atoms with Gasteiger partial charge in [-0.1, -0.05) is 32.0 Å². The van der Waals surface area contributed by atoms with Gasteiger partial charge in [0.05, 0.1) is 6.61 Å². The maximum atomic E-state index is 13.8. The van der Waals surface area contributed by atoms with Crippen molar-refractivity contribution in [2.24, 2.45) is 5.92 Å². The highest BCUT2D eigenvalue weighted by Crippen LogP contribution is 2.25. The first-order valence-electron chi connectivity index (χ1n) is 6.59. The van der Waals surface area contributed by atoms with Gasteiger partial charge in [0.2, 0.25) is 0 Å². The molecular formula is C15H24FNO. The van der Waals surface area contributed by atoms with Crippen LogP contribution in [-0.4, -0.2) is 26.8 Å². The lowest BCUT2D eigenvalue weighted by molar-refractivity contribution is 0.198. The van der Waals surface area contributed by atoms with Crippen molar-refractivity contribution in [3.05, 3.63) is 35.6 Å². The zero-order valence-electron chi connectivity index (χ0n) is 11.6. The summed E-state index contributed by atoms with van der Waals surface area (Å²) in [5.41, 5.74) is 0.816. The summed E-state index contributed by atoms with van der Waals surface area (Å²) in [5.74, 6) is 0.679. The van der Waals surface area contributed by atoms with Gasteiger partial charge in [-0.3, -0.25) is 0 Å². The van der Waals surface area contributed by atoms with Crippen molar-refractivity contribution in [3.8, 4) is 0 Å². The van der Waals surface area contributed by atoms with Crippen LogP contribution >= 0.6 is 0 Å². The Hall–Kier alpha value is -0.930. The second kappa shape index (κ2) is 8.22. The Bertz CT molecular complexity index is 341. The molecule has 1 aromatic rings. The number of hydrogen-bond donors (Lipinski definition) is 1. The maximum Gasteiger partial charge on any atom is 0.126 e. The predicted octanol–water partition coefficient (Wildman–Crippen LogP) is 3.19. The summed E-state index contributed by atoms with van der Waals surface area (Å²) in [4.78, 5) is 0. The van der Waals surface area contributed by atoms with Crippen LogP contribution in [0.25, 0.3) is 0 Å². The average Bonchev–Trinajstić information content (AvgIpc) is 2.33. The van der Waals surface area contributed by atoms with E-state index in [1.807, 2.05) is 12.1 Å². The summed E-state index contributed by atoms with van der Waals surface area (Å²) in [6, 6.07) is 7.07. The predicted molar refractivity (Wildman–Crippen MR) is 73.3 cm³/mol. The quantitative estimate of drug-likeness (QED) is 0.718. The molecule has 0 radical (unpaired) electrons. The third kappa shape index (κ3) is 5.15. The van der Waals surface area contributed by atoms with Crippen molar-refractivity contribution < 1.29 is 9.13 Å². The first-order chi connectivity index (χ1) is 8.65. The van der Waals surface area contributed by atoms with Gasteiger partial charge in [-0.05, 0) is 29.9 Å². The van der Waals surface area contributed by atoms with E-state index in [-0.39, 0.29) is 11.7 Å². The SMILES string of the molecule is COCCNCC(CC(C)C)c1ccccc1F. The third-order valence-electron chi connectivity index (χ3n) is 2.97. The molecule has 0 bridgehead atoms. The fourth-order valence-corrected chi connectivity index (χ4v) is 2.15. The van der Waals surface area contributed by atoms with E-state index in [2.05, 4.69) is 19.2 Å². The van der Waals surface area contributed by atoms with Gasteiger partial charge >= 0.3 is 0 Å². The van der Waals surface area contributed by atoms with Crippen LogP contribution in [0.3, 0.4) is 0 Å². The van der Waals surface area contributed by atoms with Gasteiger partial charge in [-0.25, -0.2) is 4.39 Å². The van der Waals surface area contributed by atoms with Crippen LogP contribution in [-0.2, 0) is 4.74 Å². The van der Waals surface area contributed by atoms with Crippen LogP contribution in [0.2, 0.25) is 0 Å². The fraction of sp³-hybridized carbons (Fsp3) is 0.600. The van der Waals surface area contributed by atoms with Crippen LogP contribution in [0.1, 0.15) is 31.7 Å². The van der Waals surface area contributed by atoms with Crippen LogP contribution in [0, 0.1) is 11.7 Å². The molecule has 0 spiro atoms. The normalized spacial score (nSPS) is 12.9. The van der Waals surface area contributed by atoms with Crippen LogP contribution in [0.5, 0.6) is 0 Å². The zero-order chi connectivity index (χ0) is 13.4. The van der Waals surface area contributed by atoms with Crippen LogP contribution < -0.4 is 5.32 Å². The molecule has 0 saturated carbocycles. The largest absolute Gasteiger partial charge is 0.383 e. The van der Waals surface area contributed by atoms with Crippen molar-refractivity contribution >= 4 is 0 Å². The highest BCUT2D eigenvalue weighted by Gasteiger charge is 2.16. The summed E-state index contributed by atoms with van der Waals surface area (Å²) < 4.78 is 18.8. The first-order valence-corrected chi connectivity index (χ1v) is 6.59. The van der Waals surface area contributed by atoms with Crippen LogP contribution in [0.4, 0.5) is 4.39 Å². The minimum absolute atomic E-state index is 0.100. The molecular weight excluding hydrogens is 229 g/mol. The highest BCUT2D eigenvalue weighted by molar-refractivity contribution is 5.22. The fourth-order valence-electron chi connectivity index (χ4n) is 2.15. The Morgan fingerprint density at radius 1 is 1.28 bits per heavy atom. The topological polar surface area (TPSA) is 21.3 Å². The summed E-state index contributed by atoms with van der Waals surface area (Å²) in [5, 5.41) is 3.33. The van der Waals surface area contributed by atoms with E-state index in [1.54, 1.807) is 13.2 Å². The van der Waals surface area contributed by atoms with E-state index in [9.17, 15) is 4.39 Å². The van der Waals surface area contributed by atoms with Gasteiger partial charge in [-0.15, -0.1) is 0 Å². The van der Waals surface area contributed by atoms with Gasteiger partial charge in [0.25, 0.3) is 0 Å². The molecule has 1 rings (SSSR count). The molecule has 0 aromatic heterocycles. The van der Waals surface area contributed by atoms with E-state index in [1.165, 1.54) is 6.07 Å². The summed E-state index contributed by atoms with van der Waals surface area (Å²) in [7, 11) is 1.68. The lowest BCUT2D eigenvalue weighted by atomic mass is 9.90. The van der Waals surface area contributed by atoms with Gasteiger partial charge in [0.15, 0.2) is 0 Å². The van der Waals surface area contributed by atoms with E-state index >= 15 is 0 Å². The molecule has 1 atom stereocenters. The smallest absolute Gasteiger partial charge is 0.126 e. The lowest BCUT2D eigenvalue weighted by Crippen LogP contribution is -2.26. The Kier molecular flexibility index (Phi) is 6.91. The number of benzene rings is 1. The molecule has 0 heterocycles. The number of ether oxygens (including phenoxy) is 1. The number of nitrogens with one attached hydrogen (secondary N) is 1.